The zero-order valence-corrected chi connectivity index (χ0v) is 23.7. The lowest BCUT2D eigenvalue weighted by molar-refractivity contribution is -0.139. The second-order valence-electron chi connectivity index (χ2n) is 12.2. The van der Waals surface area contributed by atoms with E-state index in [1.54, 1.807) is 0 Å². The number of nitrogens with one attached hydrogen (secondary N) is 1. The van der Waals surface area contributed by atoms with Gasteiger partial charge in [-0.25, -0.2) is 4.98 Å². The molecule has 2 aromatic rings. The van der Waals surface area contributed by atoms with Crippen LogP contribution in [0.25, 0.3) is 5.57 Å². The number of nitrogens with zero attached hydrogens (tertiary/aromatic N) is 3. The number of allylic oxidation sites excluding steroid dienone is 2. The number of ketones is 1. The number of aliphatic carboxylic acids is 1. The van der Waals surface area contributed by atoms with Gasteiger partial charge in [-0.1, -0.05) is 38.0 Å². The summed E-state index contributed by atoms with van der Waals surface area (Å²) in [5.41, 5.74) is 5.32. The van der Waals surface area contributed by atoms with Crippen LogP contribution in [-0.2, 0) is 21.5 Å². The average molecular weight is 545 g/mol. The molecule has 0 unspecified atom stereocenters. The van der Waals surface area contributed by atoms with Gasteiger partial charge in [-0.05, 0) is 65.8 Å². The maximum absolute atomic E-state index is 13.2. The molecule has 1 aliphatic carbocycles. The van der Waals surface area contributed by atoms with Crippen molar-refractivity contribution in [2.24, 2.45) is 5.41 Å². The topological polar surface area (TPSA) is 98.8 Å². The van der Waals surface area contributed by atoms with Gasteiger partial charge < -0.3 is 14.8 Å². The average Bonchev–Trinajstić information content (AvgIpc) is 3.44. The van der Waals surface area contributed by atoms with E-state index in [1.165, 1.54) is 17.3 Å². The highest BCUT2D eigenvalue weighted by molar-refractivity contribution is 5.95. The SMILES string of the molecule is C#Cc1cnc(C(=O)Cc2ccc(C3(N4CCN(CC(=O)O)CC4)CCOCC3)cc2C2=CCC(C)(C)CC2)[nH]1. The van der Waals surface area contributed by atoms with E-state index in [9.17, 15) is 14.7 Å². The molecule has 2 saturated heterocycles. The number of terminal acetylenes is 1. The van der Waals surface area contributed by atoms with E-state index in [1.807, 2.05) is 4.90 Å². The van der Waals surface area contributed by atoms with Crippen molar-refractivity contribution in [3.05, 3.63) is 58.7 Å². The number of Topliss-reactive ketones (excluding diaryl/α,β-unsaturated/α-hetero) is 1. The minimum Gasteiger partial charge on any atom is -0.480 e. The number of ether oxygens (including phenoxy) is 1. The van der Waals surface area contributed by atoms with Crippen molar-refractivity contribution in [3.8, 4) is 12.3 Å². The third-order valence-corrected chi connectivity index (χ3v) is 8.97. The monoisotopic (exact) mass is 544 g/mol. The van der Waals surface area contributed by atoms with Crippen LogP contribution in [0.1, 0.15) is 79.0 Å². The number of carboxylic acid groups (broad SMARTS) is 1. The highest BCUT2D eigenvalue weighted by Crippen LogP contribution is 2.43. The fourth-order valence-electron chi connectivity index (χ4n) is 6.46. The van der Waals surface area contributed by atoms with Crippen molar-refractivity contribution >= 4 is 17.3 Å². The number of carboxylic acids is 1. The number of imidazole rings is 1. The Balaban J connectivity index is 1.49. The Hall–Kier alpha value is -3.25. The van der Waals surface area contributed by atoms with Gasteiger partial charge in [0.15, 0.2) is 5.82 Å². The molecule has 2 fully saturated rings. The number of H-pyrrole nitrogens is 1. The number of hydrogen-bond donors (Lipinski definition) is 2. The van der Waals surface area contributed by atoms with Gasteiger partial charge in [0.2, 0.25) is 5.78 Å². The van der Waals surface area contributed by atoms with Crippen LogP contribution in [0, 0.1) is 17.8 Å². The van der Waals surface area contributed by atoms with Crippen LogP contribution in [0.2, 0.25) is 0 Å². The van der Waals surface area contributed by atoms with E-state index < -0.39 is 5.97 Å². The number of aromatic amines is 1. The zero-order chi connectivity index (χ0) is 28.3. The van der Waals surface area contributed by atoms with Gasteiger partial charge in [0.25, 0.3) is 0 Å². The van der Waals surface area contributed by atoms with E-state index in [0.29, 0.717) is 24.7 Å². The minimum atomic E-state index is -0.780. The van der Waals surface area contributed by atoms with Crippen LogP contribution in [-0.4, -0.2) is 82.6 Å². The van der Waals surface area contributed by atoms with E-state index in [2.05, 4.69) is 58.9 Å². The molecule has 0 bridgehead atoms. The lowest BCUT2D eigenvalue weighted by Gasteiger charge is -2.50. The molecule has 1 aromatic carbocycles. The molecule has 3 aliphatic rings. The van der Waals surface area contributed by atoms with Gasteiger partial charge in [0.05, 0.1) is 18.3 Å². The molecule has 0 amide bonds. The quantitative estimate of drug-likeness (QED) is 0.381. The summed E-state index contributed by atoms with van der Waals surface area (Å²) in [5, 5.41) is 9.26. The Morgan fingerprint density at radius 2 is 1.90 bits per heavy atom. The maximum Gasteiger partial charge on any atom is 0.317 e. The number of rotatable bonds is 8. The standard InChI is InChI=1S/C32H40N4O4/c1-4-26-21-33-30(34-26)28(37)19-24-5-6-25(20-27(24)23-7-9-31(2,3)10-8-23)32(11-17-40-18-12-32)36-15-13-35(14-16-36)22-29(38)39/h1,5-7,20-21H,8-19,22H2,2-3H3,(H,33,34)(H,38,39). The highest BCUT2D eigenvalue weighted by atomic mass is 16.5. The van der Waals surface area contributed by atoms with E-state index in [-0.39, 0.29) is 29.7 Å². The molecule has 2 aliphatic heterocycles. The first-order valence-corrected chi connectivity index (χ1v) is 14.3. The minimum absolute atomic E-state index is 0.0810. The number of carbonyl (C=O) groups is 2. The Morgan fingerprint density at radius 3 is 2.52 bits per heavy atom. The molecule has 3 heterocycles. The number of piperazine rings is 1. The molecule has 0 saturated carbocycles. The van der Waals surface area contributed by atoms with Crippen molar-refractivity contribution < 1.29 is 19.4 Å². The number of benzene rings is 1. The first kappa shape index (κ1) is 28.3. The Kier molecular flexibility index (Phi) is 8.27. The summed E-state index contributed by atoms with van der Waals surface area (Å²) in [6.45, 7) is 9.18. The Morgan fingerprint density at radius 1 is 1.15 bits per heavy atom. The van der Waals surface area contributed by atoms with E-state index in [4.69, 9.17) is 11.2 Å². The summed E-state index contributed by atoms with van der Waals surface area (Å²) in [7, 11) is 0. The largest absolute Gasteiger partial charge is 0.480 e. The van der Waals surface area contributed by atoms with Gasteiger partial charge >= 0.3 is 5.97 Å². The molecule has 212 valence electrons. The molecule has 40 heavy (non-hydrogen) atoms. The van der Waals surface area contributed by atoms with Gasteiger partial charge in [0, 0.05) is 45.8 Å². The third-order valence-electron chi connectivity index (χ3n) is 8.97. The molecule has 0 spiro atoms. The summed E-state index contributed by atoms with van der Waals surface area (Å²) in [4.78, 5) is 36.2. The molecule has 1 aromatic heterocycles. The molecule has 8 heteroatoms. The van der Waals surface area contributed by atoms with Crippen molar-refractivity contribution in [1.82, 2.24) is 19.8 Å². The highest BCUT2D eigenvalue weighted by Gasteiger charge is 2.42. The van der Waals surface area contributed by atoms with Crippen LogP contribution < -0.4 is 0 Å². The van der Waals surface area contributed by atoms with Crippen molar-refractivity contribution in [2.45, 2.75) is 57.9 Å². The van der Waals surface area contributed by atoms with Crippen LogP contribution in [0.15, 0.2) is 30.5 Å². The number of carbonyl (C=O) groups excluding carboxylic acids is 1. The van der Waals surface area contributed by atoms with Crippen molar-refractivity contribution in [3.63, 3.8) is 0 Å². The van der Waals surface area contributed by atoms with Gasteiger partial charge in [-0.3, -0.25) is 19.4 Å². The Labute approximate surface area is 236 Å². The molecule has 5 rings (SSSR count). The van der Waals surface area contributed by atoms with Gasteiger partial charge in [-0.15, -0.1) is 6.42 Å². The lowest BCUT2D eigenvalue weighted by Crippen LogP contribution is -2.57. The predicted octanol–water partition coefficient (Wildman–Crippen LogP) is 4.12. The summed E-state index contributed by atoms with van der Waals surface area (Å²) >= 11 is 0. The lowest BCUT2D eigenvalue weighted by atomic mass is 9.74. The van der Waals surface area contributed by atoms with E-state index in [0.717, 1.165) is 69.4 Å². The molecule has 0 atom stereocenters. The summed E-state index contributed by atoms with van der Waals surface area (Å²) in [5.74, 6) is 1.93. The zero-order valence-electron chi connectivity index (χ0n) is 23.7. The molecular formula is C32H40N4O4. The fraction of sp³-hybridized carbons (Fsp3) is 0.531. The van der Waals surface area contributed by atoms with E-state index >= 15 is 0 Å². The van der Waals surface area contributed by atoms with Crippen molar-refractivity contribution in [2.75, 3.05) is 45.9 Å². The predicted molar refractivity (Wildman–Crippen MR) is 154 cm³/mol. The summed E-state index contributed by atoms with van der Waals surface area (Å²) < 4.78 is 5.82. The number of aromatic nitrogens is 2. The first-order valence-electron chi connectivity index (χ1n) is 14.3. The van der Waals surface area contributed by atoms with Crippen molar-refractivity contribution in [1.29, 1.82) is 0 Å². The maximum atomic E-state index is 13.2. The van der Waals surface area contributed by atoms with Gasteiger partial charge in [-0.2, -0.15) is 0 Å². The number of hydrogen-bond acceptors (Lipinski definition) is 6. The van der Waals surface area contributed by atoms with Crippen LogP contribution in [0.4, 0.5) is 0 Å². The molecule has 2 N–H and O–H groups in total. The molecule has 0 radical (unpaired) electrons. The first-order chi connectivity index (χ1) is 19.2. The smallest absolute Gasteiger partial charge is 0.317 e. The Bertz CT molecular complexity index is 1320. The second-order valence-corrected chi connectivity index (χ2v) is 12.2. The summed E-state index contributed by atoms with van der Waals surface area (Å²) in [6.07, 6.45) is 14.5. The molecule has 8 nitrogen and oxygen atoms in total. The third kappa shape index (κ3) is 6.07. The second kappa shape index (κ2) is 11.7. The normalized spacial score (nSPS) is 21.4. The summed E-state index contributed by atoms with van der Waals surface area (Å²) in [6, 6.07) is 6.66. The van der Waals surface area contributed by atoms with Crippen LogP contribution >= 0.6 is 0 Å². The van der Waals surface area contributed by atoms with Crippen LogP contribution in [0.3, 0.4) is 0 Å². The van der Waals surface area contributed by atoms with Crippen LogP contribution in [0.5, 0.6) is 0 Å². The molecular weight excluding hydrogens is 504 g/mol. The van der Waals surface area contributed by atoms with Gasteiger partial charge in [0.1, 0.15) is 5.69 Å². The fourth-order valence-corrected chi connectivity index (χ4v) is 6.46.